The Labute approximate surface area is 104 Å². The summed E-state index contributed by atoms with van der Waals surface area (Å²) < 4.78 is 12.9. The molecule has 0 heterocycles. The van der Waals surface area contributed by atoms with Gasteiger partial charge in [0.1, 0.15) is 5.82 Å². The van der Waals surface area contributed by atoms with Crippen LogP contribution in [0.15, 0.2) is 18.2 Å². The molecule has 0 aliphatic heterocycles. The summed E-state index contributed by atoms with van der Waals surface area (Å²) >= 11 is 5.65. The fourth-order valence-electron chi connectivity index (χ4n) is 1.71. The molecule has 92 valence electrons. The Morgan fingerprint density at radius 2 is 2.24 bits per heavy atom. The first kappa shape index (κ1) is 12.3. The highest BCUT2D eigenvalue weighted by molar-refractivity contribution is 6.30. The SMILES string of the molecule is O=C(O)C1(CNCc2ccc(F)c(Cl)c2)CC1. The second-order valence-electron chi connectivity index (χ2n) is 4.44. The molecule has 1 aliphatic carbocycles. The van der Waals surface area contributed by atoms with Crippen LogP contribution in [0.3, 0.4) is 0 Å². The van der Waals surface area contributed by atoms with Crippen molar-refractivity contribution < 1.29 is 14.3 Å². The van der Waals surface area contributed by atoms with Crippen molar-refractivity contribution in [3.8, 4) is 0 Å². The van der Waals surface area contributed by atoms with Gasteiger partial charge < -0.3 is 10.4 Å². The van der Waals surface area contributed by atoms with E-state index in [0.717, 1.165) is 18.4 Å². The maximum atomic E-state index is 12.9. The third-order valence-corrected chi connectivity index (χ3v) is 3.37. The Morgan fingerprint density at radius 3 is 2.76 bits per heavy atom. The van der Waals surface area contributed by atoms with Crippen LogP contribution in [0.4, 0.5) is 4.39 Å². The zero-order valence-corrected chi connectivity index (χ0v) is 9.93. The molecule has 0 amide bonds. The van der Waals surface area contributed by atoms with Crippen LogP contribution < -0.4 is 5.32 Å². The molecule has 1 aliphatic rings. The van der Waals surface area contributed by atoms with Gasteiger partial charge in [0.15, 0.2) is 0 Å². The number of hydrogen-bond acceptors (Lipinski definition) is 2. The van der Waals surface area contributed by atoms with Crippen LogP contribution in [0.5, 0.6) is 0 Å². The lowest BCUT2D eigenvalue weighted by molar-refractivity contribution is -0.143. The fraction of sp³-hybridized carbons (Fsp3) is 0.417. The van der Waals surface area contributed by atoms with E-state index in [0.29, 0.717) is 13.1 Å². The smallest absolute Gasteiger partial charge is 0.310 e. The number of benzene rings is 1. The van der Waals surface area contributed by atoms with Crippen molar-refractivity contribution >= 4 is 17.6 Å². The average molecular weight is 258 g/mol. The highest BCUT2D eigenvalue weighted by Crippen LogP contribution is 2.45. The lowest BCUT2D eigenvalue weighted by atomic mass is 10.1. The van der Waals surface area contributed by atoms with E-state index in [1.165, 1.54) is 6.07 Å². The van der Waals surface area contributed by atoms with Gasteiger partial charge in [-0.2, -0.15) is 0 Å². The number of carboxylic acid groups (broad SMARTS) is 1. The van der Waals surface area contributed by atoms with E-state index < -0.39 is 17.2 Å². The minimum Gasteiger partial charge on any atom is -0.481 e. The highest BCUT2D eigenvalue weighted by atomic mass is 35.5. The summed E-state index contributed by atoms with van der Waals surface area (Å²) in [6.07, 6.45) is 1.44. The number of hydrogen-bond donors (Lipinski definition) is 2. The van der Waals surface area contributed by atoms with Crippen molar-refractivity contribution in [2.24, 2.45) is 5.41 Å². The van der Waals surface area contributed by atoms with Gasteiger partial charge in [-0.05, 0) is 30.5 Å². The lowest BCUT2D eigenvalue weighted by Crippen LogP contribution is -2.29. The molecule has 1 saturated carbocycles. The van der Waals surface area contributed by atoms with Gasteiger partial charge in [0.2, 0.25) is 0 Å². The average Bonchev–Trinajstić information content (AvgIpc) is 3.04. The van der Waals surface area contributed by atoms with E-state index in [1.54, 1.807) is 12.1 Å². The zero-order valence-electron chi connectivity index (χ0n) is 9.17. The second kappa shape index (κ2) is 4.63. The summed E-state index contributed by atoms with van der Waals surface area (Å²) in [5.41, 5.74) is 0.265. The normalized spacial score (nSPS) is 16.8. The first-order valence-corrected chi connectivity index (χ1v) is 5.79. The third kappa shape index (κ3) is 2.76. The Kier molecular flexibility index (Phi) is 3.35. The van der Waals surface area contributed by atoms with Gasteiger partial charge in [-0.25, -0.2) is 4.39 Å². The number of halogens is 2. The number of nitrogens with one attached hydrogen (secondary N) is 1. The summed E-state index contributed by atoms with van der Waals surface area (Å²) in [6, 6.07) is 4.49. The van der Waals surface area contributed by atoms with Gasteiger partial charge in [-0.15, -0.1) is 0 Å². The van der Waals surface area contributed by atoms with Gasteiger partial charge in [0.25, 0.3) is 0 Å². The summed E-state index contributed by atoms with van der Waals surface area (Å²) in [7, 11) is 0. The van der Waals surface area contributed by atoms with Gasteiger partial charge >= 0.3 is 5.97 Å². The molecule has 0 saturated heterocycles. The van der Waals surface area contributed by atoms with Crippen LogP contribution in [0.25, 0.3) is 0 Å². The number of rotatable bonds is 5. The third-order valence-electron chi connectivity index (χ3n) is 3.08. The first-order valence-electron chi connectivity index (χ1n) is 5.42. The topological polar surface area (TPSA) is 49.3 Å². The van der Waals surface area contributed by atoms with E-state index in [9.17, 15) is 9.18 Å². The molecule has 0 unspecified atom stereocenters. The van der Waals surface area contributed by atoms with Gasteiger partial charge in [0.05, 0.1) is 10.4 Å². The summed E-state index contributed by atoms with van der Waals surface area (Å²) in [4.78, 5) is 10.9. The molecule has 0 atom stereocenters. The van der Waals surface area contributed by atoms with Crippen LogP contribution in [-0.2, 0) is 11.3 Å². The summed E-state index contributed by atoms with van der Waals surface area (Å²) in [5.74, 6) is -1.19. The van der Waals surface area contributed by atoms with Crippen molar-refractivity contribution in [2.75, 3.05) is 6.54 Å². The van der Waals surface area contributed by atoms with E-state index >= 15 is 0 Å². The maximum Gasteiger partial charge on any atom is 0.310 e. The monoisotopic (exact) mass is 257 g/mol. The molecular weight excluding hydrogens is 245 g/mol. The van der Waals surface area contributed by atoms with Crippen LogP contribution in [0.2, 0.25) is 5.02 Å². The molecule has 17 heavy (non-hydrogen) atoms. The quantitative estimate of drug-likeness (QED) is 0.852. The Morgan fingerprint density at radius 1 is 1.53 bits per heavy atom. The van der Waals surface area contributed by atoms with Crippen molar-refractivity contribution in [2.45, 2.75) is 19.4 Å². The minimum absolute atomic E-state index is 0.0867. The summed E-state index contributed by atoms with van der Waals surface area (Å²) in [5, 5.41) is 12.1. The lowest BCUT2D eigenvalue weighted by Gasteiger charge is -2.11. The van der Waals surface area contributed by atoms with E-state index in [4.69, 9.17) is 16.7 Å². The molecule has 0 bridgehead atoms. The molecule has 3 nitrogen and oxygen atoms in total. The van der Waals surface area contributed by atoms with E-state index in [2.05, 4.69) is 5.32 Å². The Hall–Kier alpha value is -1.13. The molecule has 1 fully saturated rings. The predicted molar refractivity (Wildman–Crippen MR) is 62.4 cm³/mol. The fourth-order valence-corrected chi connectivity index (χ4v) is 1.92. The molecule has 1 aromatic carbocycles. The standard InChI is InChI=1S/C12H13ClFNO2/c13-9-5-8(1-2-10(9)14)6-15-7-12(3-4-12)11(16)17/h1-2,5,15H,3-4,6-7H2,(H,16,17). The van der Waals surface area contributed by atoms with Crippen molar-refractivity contribution in [1.29, 1.82) is 0 Å². The molecule has 1 aromatic rings. The Bertz CT molecular complexity index is 446. The highest BCUT2D eigenvalue weighted by Gasteiger charge is 2.49. The minimum atomic E-state index is -0.748. The van der Waals surface area contributed by atoms with Crippen molar-refractivity contribution in [1.82, 2.24) is 5.32 Å². The van der Waals surface area contributed by atoms with E-state index in [1.807, 2.05) is 0 Å². The summed E-state index contributed by atoms with van der Waals surface area (Å²) in [6.45, 7) is 0.937. The molecule has 2 N–H and O–H groups in total. The van der Waals surface area contributed by atoms with Crippen LogP contribution in [0.1, 0.15) is 18.4 Å². The second-order valence-corrected chi connectivity index (χ2v) is 4.84. The first-order chi connectivity index (χ1) is 8.03. The number of aliphatic carboxylic acids is 1. The van der Waals surface area contributed by atoms with Crippen molar-refractivity contribution in [3.63, 3.8) is 0 Å². The molecular formula is C12H13ClFNO2. The largest absolute Gasteiger partial charge is 0.481 e. The van der Waals surface area contributed by atoms with Gasteiger partial charge in [0, 0.05) is 13.1 Å². The molecule has 2 rings (SSSR count). The molecule has 0 aromatic heterocycles. The molecule has 5 heteroatoms. The van der Waals surface area contributed by atoms with Crippen LogP contribution >= 0.6 is 11.6 Å². The molecule has 0 radical (unpaired) electrons. The van der Waals surface area contributed by atoms with Crippen LogP contribution in [0, 0.1) is 11.2 Å². The van der Waals surface area contributed by atoms with Crippen molar-refractivity contribution in [3.05, 3.63) is 34.6 Å². The zero-order chi connectivity index (χ0) is 12.5. The number of carbonyl (C=O) groups is 1. The van der Waals surface area contributed by atoms with Gasteiger partial charge in [-0.1, -0.05) is 17.7 Å². The van der Waals surface area contributed by atoms with E-state index in [-0.39, 0.29) is 5.02 Å². The maximum absolute atomic E-state index is 12.9. The van der Waals surface area contributed by atoms with Gasteiger partial charge in [-0.3, -0.25) is 4.79 Å². The predicted octanol–water partition coefficient (Wildman–Crippen LogP) is 2.43. The Balaban J connectivity index is 1.86. The molecule has 0 spiro atoms. The number of carboxylic acids is 1. The van der Waals surface area contributed by atoms with Crippen LogP contribution in [-0.4, -0.2) is 17.6 Å².